The van der Waals surface area contributed by atoms with Gasteiger partial charge in [-0.3, -0.25) is 0 Å². The Bertz CT molecular complexity index is 599. The number of nitrogens with one attached hydrogen (secondary N) is 1. The molecule has 2 unspecified atom stereocenters. The summed E-state index contributed by atoms with van der Waals surface area (Å²) in [6.07, 6.45) is 1.18. The van der Waals surface area contributed by atoms with Crippen molar-refractivity contribution < 1.29 is 9.84 Å². The monoisotopic (exact) mass is 329 g/mol. The Morgan fingerprint density at radius 3 is 2.21 bits per heavy atom. The molecule has 0 saturated carbocycles. The fraction of sp³-hybridized carbons (Fsp3) is 0.368. The van der Waals surface area contributed by atoms with E-state index in [1.165, 1.54) is 11.1 Å². The van der Waals surface area contributed by atoms with Gasteiger partial charge in [0.15, 0.2) is 6.29 Å². The van der Waals surface area contributed by atoms with Crippen molar-refractivity contribution in [3.63, 3.8) is 0 Å². The SMILES string of the molecule is CCCC(N)OC(O)CNc1ccc(Cc2ccc(N)cc2)cc1. The average molecular weight is 329 g/mol. The molecule has 0 amide bonds. The zero-order valence-electron chi connectivity index (χ0n) is 14.1. The summed E-state index contributed by atoms with van der Waals surface area (Å²) in [7, 11) is 0. The summed E-state index contributed by atoms with van der Waals surface area (Å²) in [4.78, 5) is 0. The minimum Gasteiger partial charge on any atom is -0.399 e. The molecular formula is C19H27N3O2. The van der Waals surface area contributed by atoms with E-state index >= 15 is 0 Å². The first-order valence-corrected chi connectivity index (χ1v) is 8.33. The maximum absolute atomic E-state index is 9.80. The zero-order chi connectivity index (χ0) is 17.4. The summed E-state index contributed by atoms with van der Waals surface area (Å²) >= 11 is 0. The van der Waals surface area contributed by atoms with Gasteiger partial charge in [0.1, 0.15) is 6.23 Å². The van der Waals surface area contributed by atoms with Crippen molar-refractivity contribution in [1.29, 1.82) is 0 Å². The third-order valence-electron chi connectivity index (χ3n) is 3.73. The lowest BCUT2D eigenvalue weighted by molar-refractivity contribution is -0.126. The van der Waals surface area contributed by atoms with Crippen LogP contribution >= 0.6 is 0 Å². The minimum absolute atomic E-state index is 0.300. The largest absolute Gasteiger partial charge is 0.399 e. The van der Waals surface area contributed by atoms with Crippen molar-refractivity contribution in [1.82, 2.24) is 0 Å². The third-order valence-corrected chi connectivity index (χ3v) is 3.73. The number of rotatable bonds is 9. The molecule has 2 rings (SSSR count). The van der Waals surface area contributed by atoms with Crippen molar-refractivity contribution in [2.24, 2.45) is 5.73 Å². The Balaban J connectivity index is 1.80. The first kappa shape index (κ1) is 18.3. The van der Waals surface area contributed by atoms with Gasteiger partial charge in [-0.15, -0.1) is 0 Å². The topological polar surface area (TPSA) is 93.5 Å². The molecular weight excluding hydrogens is 302 g/mol. The van der Waals surface area contributed by atoms with E-state index in [-0.39, 0.29) is 0 Å². The van der Waals surface area contributed by atoms with Crippen LogP contribution in [-0.4, -0.2) is 24.2 Å². The molecule has 0 aromatic heterocycles. The highest BCUT2D eigenvalue weighted by Gasteiger charge is 2.09. The molecule has 0 bridgehead atoms. The second-order valence-electron chi connectivity index (χ2n) is 5.91. The molecule has 2 aromatic rings. The molecule has 0 spiro atoms. The highest BCUT2D eigenvalue weighted by Crippen LogP contribution is 2.15. The predicted molar refractivity (Wildman–Crippen MR) is 98.6 cm³/mol. The Morgan fingerprint density at radius 1 is 1.04 bits per heavy atom. The van der Waals surface area contributed by atoms with E-state index in [2.05, 4.69) is 17.4 Å². The maximum Gasteiger partial charge on any atom is 0.173 e. The van der Waals surface area contributed by atoms with Gasteiger partial charge >= 0.3 is 0 Å². The van der Waals surface area contributed by atoms with Crippen molar-refractivity contribution in [3.05, 3.63) is 59.7 Å². The van der Waals surface area contributed by atoms with E-state index < -0.39 is 12.5 Å². The molecule has 0 fully saturated rings. The zero-order valence-corrected chi connectivity index (χ0v) is 14.1. The molecule has 5 heteroatoms. The van der Waals surface area contributed by atoms with Gasteiger partial charge in [0.2, 0.25) is 0 Å². The maximum atomic E-state index is 9.80. The Kier molecular flexibility index (Phi) is 7.06. The van der Waals surface area contributed by atoms with E-state index in [1.54, 1.807) is 0 Å². The summed E-state index contributed by atoms with van der Waals surface area (Å²) in [6, 6.07) is 16.0. The smallest absolute Gasteiger partial charge is 0.173 e. The third kappa shape index (κ3) is 6.20. The lowest BCUT2D eigenvalue weighted by atomic mass is 10.0. The van der Waals surface area contributed by atoms with Crippen LogP contribution in [0.4, 0.5) is 11.4 Å². The number of aliphatic hydroxyl groups is 1. The quantitative estimate of drug-likeness (QED) is 0.419. The van der Waals surface area contributed by atoms with Gasteiger partial charge in [-0.25, -0.2) is 0 Å². The summed E-state index contributed by atoms with van der Waals surface area (Å²) < 4.78 is 5.29. The molecule has 2 atom stereocenters. The number of nitrogens with two attached hydrogens (primary N) is 2. The van der Waals surface area contributed by atoms with E-state index in [4.69, 9.17) is 16.2 Å². The molecule has 2 aromatic carbocycles. The number of aliphatic hydroxyl groups excluding tert-OH is 1. The van der Waals surface area contributed by atoms with Crippen LogP contribution in [0.25, 0.3) is 0 Å². The van der Waals surface area contributed by atoms with Gasteiger partial charge in [-0.05, 0) is 48.2 Å². The van der Waals surface area contributed by atoms with Crippen LogP contribution in [0, 0.1) is 0 Å². The Morgan fingerprint density at radius 2 is 1.62 bits per heavy atom. The molecule has 24 heavy (non-hydrogen) atoms. The predicted octanol–water partition coefficient (Wildman–Crippen LogP) is 2.69. The average Bonchev–Trinajstić information content (AvgIpc) is 2.56. The number of anilines is 2. The fourth-order valence-electron chi connectivity index (χ4n) is 2.42. The summed E-state index contributed by atoms with van der Waals surface area (Å²) in [6.45, 7) is 2.33. The lowest BCUT2D eigenvalue weighted by Gasteiger charge is -2.18. The molecule has 6 N–H and O–H groups in total. The normalized spacial score (nSPS) is 13.5. The molecule has 0 heterocycles. The van der Waals surface area contributed by atoms with Crippen LogP contribution in [-0.2, 0) is 11.2 Å². The summed E-state index contributed by atoms with van der Waals surface area (Å²) in [5.41, 5.74) is 15.6. The summed E-state index contributed by atoms with van der Waals surface area (Å²) in [5, 5.41) is 12.9. The number of benzene rings is 2. The molecule has 0 radical (unpaired) electrons. The van der Waals surface area contributed by atoms with Gasteiger partial charge in [0.05, 0.1) is 6.54 Å². The van der Waals surface area contributed by atoms with Crippen molar-refractivity contribution >= 4 is 11.4 Å². The van der Waals surface area contributed by atoms with Crippen molar-refractivity contribution in [2.45, 2.75) is 38.7 Å². The number of nitrogen functional groups attached to an aromatic ring is 1. The number of ether oxygens (including phenoxy) is 1. The second kappa shape index (κ2) is 9.27. The highest BCUT2D eigenvalue weighted by atomic mass is 16.6. The van der Waals surface area contributed by atoms with Gasteiger partial charge in [-0.1, -0.05) is 37.6 Å². The molecule has 0 aliphatic heterocycles. The van der Waals surface area contributed by atoms with E-state index in [9.17, 15) is 5.11 Å². The van der Waals surface area contributed by atoms with Crippen LogP contribution in [0.5, 0.6) is 0 Å². The molecule has 0 aliphatic carbocycles. The molecule has 0 saturated heterocycles. The first-order valence-electron chi connectivity index (χ1n) is 8.33. The van der Waals surface area contributed by atoms with Crippen molar-refractivity contribution in [3.8, 4) is 0 Å². The standard InChI is InChI=1S/C19H27N3O2/c1-2-3-18(21)24-19(23)13-22-17-10-6-15(7-11-17)12-14-4-8-16(20)9-5-14/h4-11,18-19,22-23H,2-3,12-13,20-21H2,1H3. The van der Waals surface area contributed by atoms with Gasteiger partial charge in [-0.2, -0.15) is 0 Å². The summed E-state index contributed by atoms with van der Waals surface area (Å²) in [5.74, 6) is 0. The Labute approximate surface area is 143 Å². The molecule has 0 aliphatic rings. The molecule has 130 valence electrons. The fourth-order valence-corrected chi connectivity index (χ4v) is 2.42. The van der Waals surface area contributed by atoms with Crippen LogP contribution in [0.15, 0.2) is 48.5 Å². The highest BCUT2D eigenvalue weighted by molar-refractivity contribution is 5.46. The van der Waals surface area contributed by atoms with Crippen LogP contribution < -0.4 is 16.8 Å². The van der Waals surface area contributed by atoms with Crippen molar-refractivity contribution in [2.75, 3.05) is 17.6 Å². The van der Waals surface area contributed by atoms with Crippen LogP contribution in [0.1, 0.15) is 30.9 Å². The lowest BCUT2D eigenvalue weighted by Crippen LogP contribution is -2.33. The Hall–Kier alpha value is -2.08. The first-order chi connectivity index (χ1) is 11.6. The van der Waals surface area contributed by atoms with E-state index in [1.807, 2.05) is 43.3 Å². The molecule has 5 nitrogen and oxygen atoms in total. The van der Waals surface area contributed by atoms with E-state index in [0.717, 1.165) is 30.6 Å². The second-order valence-corrected chi connectivity index (χ2v) is 5.91. The number of hydrogen-bond acceptors (Lipinski definition) is 5. The van der Waals surface area contributed by atoms with Crippen LogP contribution in [0.2, 0.25) is 0 Å². The number of hydrogen-bond donors (Lipinski definition) is 4. The van der Waals surface area contributed by atoms with E-state index in [0.29, 0.717) is 6.54 Å². The minimum atomic E-state index is -0.916. The van der Waals surface area contributed by atoms with Gasteiger partial charge in [0, 0.05) is 11.4 Å². The van der Waals surface area contributed by atoms with Gasteiger partial charge < -0.3 is 26.6 Å². The van der Waals surface area contributed by atoms with Gasteiger partial charge in [0.25, 0.3) is 0 Å². The van der Waals surface area contributed by atoms with Crippen LogP contribution in [0.3, 0.4) is 0 Å².